The van der Waals surface area contributed by atoms with Crippen molar-refractivity contribution in [3.8, 4) is 0 Å². The SMILES string of the molecule is CC1CCC1N=C(N)c1ccccc1. The van der Waals surface area contributed by atoms with E-state index in [1.165, 1.54) is 12.8 Å². The first kappa shape index (κ1) is 9.25. The number of nitrogens with two attached hydrogens (primary N) is 1. The van der Waals surface area contributed by atoms with Gasteiger partial charge in [0.05, 0.1) is 6.04 Å². The van der Waals surface area contributed by atoms with Gasteiger partial charge in [-0.1, -0.05) is 37.3 Å². The molecule has 0 aliphatic heterocycles. The Morgan fingerprint density at radius 1 is 1.29 bits per heavy atom. The van der Waals surface area contributed by atoms with Crippen LogP contribution in [0.2, 0.25) is 0 Å². The highest BCUT2D eigenvalue weighted by molar-refractivity contribution is 5.97. The molecule has 0 heterocycles. The minimum atomic E-state index is 0.454. The molecule has 74 valence electrons. The summed E-state index contributed by atoms with van der Waals surface area (Å²) in [4.78, 5) is 4.53. The van der Waals surface area contributed by atoms with Gasteiger partial charge < -0.3 is 5.73 Å². The zero-order valence-corrected chi connectivity index (χ0v) is 8.48. The minimum Gasteiger partial charge on any atom is -0.383 e. The summed E-state index contributed by atoms with van der Waals surface area (Å²) in [5, 5.41) is 0. The quantitative estimate of drug-likeness (QED) is 0.560. The lowest BCUT2D eigenvalue weighted by Crippen LogP contribution is -2.30. The van der Waals surface area contributed by atoms with Crippen LogP contribution >= 0.6 is 0 Å². The van der Waals surface area contributed by atoms with Gasteiger partial charge in [0.1, 0.15) is 5.84 Å². The van der Waals surface area contributed by atoms with Crippen molar-refractivity contribution in [1.82, 2.24) is 0 Å². The summed E-state index contributed by atoms with van der Waals surface area (Å²) in [6, 6.07) is 10.4. The standard InChI is InChI=1S/C12H16N2/c1-9-7-8-11(9)14-12(13)10-5-3-2-4-6-10/h2-6,9,11H,7-8H2,1H3,(H2,13,14). The molecular formula is C12H16N2. The van der Waals surface area contributed by atoms with Crippen molar-refractivity contribution in [3.63, 3.8) is 0 Å². The molecule has 2 N–H and O–H groups in total. The van der Waals surface area contributed by atoms with Crippen molar-refractivity contribution in [3.05, 3.63) is 35.9 Å². The third-order valence-electron chi connectivity index (χ3n) is 2.95. The monoisotopic (exact) mass is 188 g/mol. The first-order valence-electron chi connectivity index (χ1n) is 5.16. The molecule has 1 saturated carbocycles. The highest BCUT2D eigenvalue weighted by Gasteiger charge is 2.26. The van der Waals surface area contributed by atoms with Crippen molar-refractivity contribution in [1.29, 1.82) is 0 Å². The maximum atomic E-state index is 5.92. The Morgan fingerprint density at radius 2 is 2.00 bits per heavy atom. The van der Waals surface area contributed by atoms with Gasteiger partial charge >= 0.3 is 0 Å². The van der Waals surface area contributed by atoms with Crippen LogP contribution in [0.3, 0.4) is 0 Å². The van der Waals surface area contributed by atoms with Gasteiger partial charge in [0.2, 0.25) is 0 Å². The summed E-state index contributed by atoms with van der Waals surface area (Å²) in [7, 11) is 0. The van der Waals surface area contributed by atoms with Crippen LogP contribution in [-0.4, -0.2) is 11.9 Å². The van der Waals surface area contributed by atoms with Crippen LogP contribution in [0.25, 0.3) is 0 Å². The van der Waals surface area contributed by atoms with Crippen LogP contribution in [0.5, 0.6) is 0 Å². The molecule has 0 radical (unpaired) electrons. The van der Waals surface area contributed by atoms with E-state index in [4.69, 9.17) is 5.73 Å². The van der Waals surface area contributed by atoms with E-state index >= 15 is 0 Å². The van der Waals surface area contributed by atoms with E-state index in [2.05, 4.69) is 11.9 Å². The summed E-state index contributed by atoms with van der Waals surface area (Å²) in [5.74, 6) is 1.39. The number of nitrogens with zero attached hydrogens (tertiary/aromatic N) is 1. The molecule has 0 bridgehead atoms. The van der Waals surface area contributed by atoms with E-state index in [1.807, 2.05) is 30.3 Å². The van der Waals surface area contributed by atoms with Crippen LogP contribution < -0.4 is 5.73 Å². The predicted molar refractivity (Wildman–Crippen MR) is 59.4 cm³/mol. The van der Waals surface area contributed by atoms with E-state index in [0.29, 0.717) is 17.8 Å². The Hall–Kier alpha value is -1.31. The zero-order chi connectivity index (χ0) is 9.97. The van der Waals surface area contributed by atoms with Crippen LogP contribution in [0.1, 0.15) is 25.3 Å². The maximum absolute atomic E-state index is 5.92. The molecule has 2 nitrogen and oxygen atoms in total. The lowest BCUT2D eigenvalue weighted by molar-refractivity contribution is 0.284. The van der Waals surface area contributed by atoms with Crippen molar-refractivity contribution in [2.24, 2.45) is 16.6 Å². The molecule has 1 aromatic rings. The Kier molecular flexibility index (Phi) is 2.53. The molecule has 2 unspecified atom stereocenters. The van der Waals surface area contributed by atoms with E-state index in [0.717, 1.165) is 5.56 Å². The number of benzene rings is 1. The molecule has 0 spiro atoms. The number of aliphatic imine (C=N–C) groups is 1. The Morgan fingerprint density at radius 3 is 2.50 bits per heavy atom. The summed E-state index contributed by atoms with van der Waals surface area (Å²) in [5.41, 5.74) is 6.95. The first-order chi connectivity index (χ1) is 6.77. The lowest BCUT2D eigenvalue weighted by Gasteiger charge is -2.30. The average Bonchev–Trinajstić information content (AvgIpc) is 2.24. The lowest BCUT2D eigenvalue weighted by atomic mass is 9.81. The molecule has 0 amide bonds. The molecule has 2 atom stereocenters. The predicted octanol–water partition coefficient (Wildman–Crippen LogP) is 2.19. The summed E-state index contributed by atoms with van der Waals surface area (Å²) < 4.78 is 0. The van der Waals surface area contributed by atoms with Gasteiger partial charge in [-0.2, -0.15) is 0 Å². The van der Waals surface area contributed by atoms with Crippen molar-refractivity contribution in [2.75, 3.05) is 0 Å². The molecule has 2 rings (SSSR count). The fourth-order valence-electron chi connectivity index (χ4n) is 1.70. The molecule has 14 heavy (non-hydrogen) atoms. The number of rotatable bonds is 2. The fourth-order valence-corrected chi connectivity index (χ4v) is 1.70. The number of hydrogen-bond acceptors (Lipinski definition) is 1. The van der Waals surface area contributed by atoms with Gasteiger partial charge in [-0.25, -0.2) is 0 Å². The number of amidine groups is 1. The topological polar surface area (TPSA) is 38.4 Å². The van der Waals surface area contributed by atoms with Gasteiger partial charge in [0.25, 0.3) is 0 Å². The van der Waals surface area contributed by atoms with Gasteiger partial charge in [-0.05, 0) is 18.8 Å². The van der Waals surface area contributed by atoms with Crippen LogP contribution in [-0.2, 0) is 0 Å². The first-order valence-corrected chi connectivity index (χ1v) is 5.16. The third kappa shape index (κ3) is 1.79. The number of hydrogen-bond donors (Lipinski definition) is 1. The summed E-state index contributed by atoms with van der Waals surface area (Å²) >= 11 is 0. The van der Waals surface area contributed by atoms with Crippen molar-refractivity contribution in [2.45, 2.75) is 25.8 Å². The van der Waals surface area contributed by atoms with E-state index in [9.17, 15) is 0 Å². The Labute approximate surface area is 84.9 Å². The average molecular weight is 188 g/mol. The van der Waals surface area contributed by atoms with Gasteiger partial charge in [-0.3, -0.25) is 4.99 Å². The molecular weight excluding hydrogens is 172 g/mol. The Balaban J connectivity index is 2.11. The highest BCUT2D eigenvalue weighted by atomic mass is 14.9. The highest BCUT2D eigenvalue weighted by Crippen LogP contribution is 2.29. The molecule has 0 aromatic heterocycles. The second-order valence-electron chi connectivity index (χ2n) is 4.00. The molecule has 1 aliphatic carbocycles. The van der Waals surface area contributed by atoms with E-state index < -0.39 is 0 Å². The summed E-state index contributed by atoms with van der Waals surface area (Å²) in [6.07, 6.45) is 2.48. The van der Waals surface area contributed by atoms with Crippen molar-refractivity contribution >= 4 is 5.84 Å². The molecule has 1 fully saturated rings. The second kappa shape index (κ2) is 3.82. The molecule has 2 heteroatoms. The molecule has 1 aromatic carbocycles. The van der Waals surface area contributed by atoms with E-state index in [1.54, 1.807) is 0 Å². The van der Waals surface area contributed by atoms with Gasteiger partial charge in [-0.15, -0.1) is 0 Å². The zero-order valence-electron chi connectivity index (χ0n) is 8.48. The molecule has 0 saturated heterocycles. The van der Waals surface area contributed by atoms with Gasteiger partial charge in [0.15, 0.2) is 0 Å². The van der Waals surface area contributed by atoms with Crippen LogP contribution in [0.15, 0.2) is 35.3 Å². The largest absolute Gasteiger partial charge is 0.383 e. The maximum Gasteiger partial charge on any atom is 0.125 e. The third-order valence-corrected chi connectivity index (χ3v) is 2.95. The molecule has 1 aliphatic rings. The summed E-state index contributed by atoms with van der Waals surface area (Å²) in [6.45, 7) is 2.23. The van der Waals surface area contributed by atoms with Gasteiger partial charge in [0, 0.05) is 5.56 Å². The smallest absolute Gasteiger partial charge is 0.125 e. The second-order valence-corrected chi connectivity index (χ2v) is 4.00. The normalized spacial score (nSPS) is 27.1. The Bertz CT molecular complexity index is 329. The van der Waals surface area contributed by atoms with E-state index in [-0.39, 0.29) is 0 Å². The van der Waals surface area contributed by atoms with Crippen molar-refractivity contribution < 1.29 is 0 Å². The minimum absolute atomic E-state index is 0.454. The fraction of sp³-hybridized carbons (Fsp3) is 0.417. The van der Waals surface area contributed by atoms with Crippen LogP contribution in [0, 0.1) is 5.92 Å². The van der Waals surface area contributed by atoms with Crippen LogP contribution in [0.4, 0.5) is 0 Å².